The summed E-state index contributed by atoms with van der Waals surface area (Å²) in [5, 5.41) is 6.99. The van der Waals surface area contributed by atoms with Crippen molar-refractivity contribution in [1.29, 1.82) is 0 Å². The highest BCUT2D eigenvalue weighted by atomic mass is 127. The Morgan fingerprint density at radius 3 is 2.75 bits per heavy atom. The summed E-state index contributed by atoms with van der Waals surface area (Å²) in [6, 6.07) is 0.247. The Labute approximate surface area is 143 Å². The molecule has 1 atom stereocenters. The first-order valence-corrected chi connectivity index (χ1v) is 7.10. The largest absolute Gasteiger partial charge is 0.357 e. The molecule has 1 fully saturated rings. The monoisotopic (exact) mass is 414 g/mol. The van der Waals surface area contributed by atoms with Crippen molar-refractivity contribution in [3.63, 3.8) is 0 Å². The highest BCUT2D eigenvalue weighted by Crippen LogP contribution is 2.10. The first-order valence-electron chi connectivity index (χ1n) is 6.72. The number of guanidine groups is 1. The average molecular weight is 415 g/mol. The summed E-state index contributed by atoms with van der Waals surface area (Å²) in [6.07, 6.45) is 1.50. The highest BCUT2D eigenvalue weighted by Gasteiger charge is 2.25. The lowest BCUT2D eigenvalue weighted by atomic mass is 10.3. The van der Waals surface area contributed by atoms with Gasteiger partial charge < -0.3 is 15.5 Å². The second-order valence-electron chi connectivity index (χ2n) is 4.54. The van der Waals surface area contributed by atoms with Crippen LogP contribution in [0.1, 0.15) is 26.7 Å². The Morgan fingerprint density at radius 2 is 2.20 bits per heavy atom. The third-order valence-corrected chi connectivity index (χ3v) is 3.06. The van der Waals surface area contributed by atoms with Gasteiger partial charge in [-0.2, -0.15) is 0 Å². The van der Waals surface area contributed by atoms with Crippen LogP contribution in [0.25, 0.3) is 0 Å². The van der Waals surface area contributed by atoms with E-state index in [2.05, 4.69) is 22.2 Å². The predicted molar refractivity (Wildman–Crippen MR) is 94.8 cm³/mol. The lowest BCUT2D eigenvalue weighted by Gasteiger charge is -2.18. The van der Waals surface area contributed by atoms with Crippen molar-refractivity contribution in [2.75, 3.05) is 26.2 Å². The van der Waals surface area contributed by atoms with Gasteiger partial charge in [-0.1, -0.05) is 25.1 Å². The maximum atomic E-state index is 11.6. The standard InChI is InChI=1S/C13H23ClN4O.HI/c1-4-12(19)18-7-6-11(9-18)17-13(15-5-2)16-8-10(3)14;/h11H,3-9H2,1-2H3,(H2,15,16,17);1H. The van der Waals surface area contributed by atoms with Gasteiger partial charge in [0, 0.05) is 37.1 Å². The maximum Gasteiger partial charge on any atom is 0.222 e. The first-order chi connectivity index (χ1) is 9.06. The molecule has 7 heteroatoms. The van der Waals surface area contributed by atoms with Gasteiger partial charge in [0.05, 0.1) is 6.54 Å². The van der Waals surface area contributed by atoms with Crippen LogP contribution in [-0.4, -0.2) is 49.0 Å². The molecular formula is C13H24ClIN4O. The fourth-order valence-electron chi connectivity index (χ4n) is 2.01. The molecule has 1 aliphatic heterocycles. The molecule has 0 aliphatic carbocycles. The molecule has 5 nitrogen and oxygen atoms in total. The molecule has 2 N–H and O–H groups in total. The number of hydrogen-bond acceptors (Lipinski definition) is 2. The van der Waals surface area contributed by atoms with Crippen LogP contribution < -0.4 is 10.6 Å². The number of rotatable bonds is 5. The lowest BCUT2D eigenvalue weighted by Crippen LogP contribution is -2.45. The number of nitrogens with one attached hydrogen (secondary N) is 2. The van der Waals surface area contributed by atoms with Crippen molar-refractivity contribution >= 4 is 47.4 Å². The zero-order valence-corrected chi connectivity index (χ0v) is 15.2. The van der Waals surface area contributed by atoms with Gasteiger partial charge in [-0.05, 0) is 13.3 Å². The minimum atomic E-state index is 0. The van der Waals surface area contributed by atoms with E-state index in [0.717, 1.165) is 32.0 Å². The van der Waals surface area contributed by atoms with E-state index in [-0.39, 0.29) is 35.9 Å². The molecule has 0 aromatic carbocycles. The molecule has 0 radical (unpaired) electrons. The Bertz CT molecular complexity index is 362. The van der Waals surface area contributed by atoms with Crippen LogP contribution in [0.5, 0.6) is 0 Å². The van der Waals surface area contributed by atoms with Crippen LogP contribution in [-0.2, 0) is 4.79 Å². The van der Waals surface area contributed by atoms with E-state index in [1.54, 1.807) is 0 Å². The molecule has 0 saturated carbocycles. The number of carbonyl (C=O) groups is 1. The van der Waals surface area contributed by atoms with Crippen molar-refractivity contribution in [3.8, 4) is 0 Å². The molecule has 0 aromatic rings. The molecule has 116 valence electrons. The molecule has 1 saturated heterocycles. The van der Waals surface area contributed by atoms with Gasteiger partial charge in [-0.3, -0.25) is 4.79 Å². The molecule has 0 bridgehead atoms. The minimum absolute atomic E-state index is 0. The fraction of sp³-hybridized carbons (Fsp3) is 0.692. The Kier molecular flexibility index (Phi) is 10.0. The van der Waals surface area contributed by atoms with Crippen molar-refractivity contribution in [2.45, 2.75) is 32.7 Å². The van der Waals surface area contributed by atoms with Crippen LogP contribution in [0, 0.1) is 0 Å². The lowest BCUT2D eigenvalue weighted by molar-refractivity contribution is -0.129. The smallest absolute Gasteiger partial charge is 0.222 e. The summed E-state index contributed by atoms with van der Waals surface area (Å²) >= 11 is 5.71. The number of nitrogens with zero attached hydrogens (tertiary/aromatic N) is 2. The third kappa shape index (κ3) is 6.78. The van der Waals surface area contributed by atoms with E-state index in [4.69, 9.17) is 11.6 Å². The average Bonchev–Trinajstić information content (AvgIpc) is 2.83. The summed E-state index contributed by atoms with van der Waals surface area (Å²) in [4.78, 5) is 17.8. The molecule has 1 aliphatic rings. The van der Waals surface area contributed by atoms with Crippen molar-refractivity contribution < 1.29 is 4.79 Å². The Hall–Kier alpha value is -0.500. The summed E-state index contributed by atoms with van der Waals surface area (Å²) in [6.45, 7) is 10.2. The predicted octanol–water partition coefficient (Wildman–Crippen LogP) is 1.92. The summed E-state index contributed by atoms with van der Waals surface area (Å²) < 4.78 is 0. The highest BCUT2D eigenvalue weighted by molar-refractivity contribution is 14.0. The molecule has 1 unspecified atom stereocenters. The number of halogens is 2. The molecule has 0 spiro atoms. The van der Waals surface area contributed by atoms with Gasteiger partial charge >= 0.3 is 0 Å². The van der Waals surface area contributed by atoms with Gasteiger partial charge in [0.2, 0.25) is 5.91 Å². The Balaban J connectivity index is 0.00000361. The van der Waals surface area contributed by atoms with Crippen molar-refractivity contribution in [3.05, 3.63) is 11.6 Å². The van der Waals surface area contributed by atoms with Crippen molar-refractivity contribution in [2.24, 2.45) is 4.99 Å². The van der Waals surface area contributed by atoms with Crippen molar-refractivity contribution in [1.82, 2.24) is 15.5 Å². The second-order valence-corrected chi connectivity index (χ2v) is 5.07. The minimum Gasteiger partial charge on any atom is -0.357 e. The number of amides is 1. The van der Waals surface area contributed by atoms with Crippen LogP contribution in [0.15, 0.2) is 16.6 Å². The van der Waals surface area contributed by atoms with Crippen LogP contribution in [0.2, 0.25) is 0 Å². The normalized spacial score (nSPS) is 18.4. The fourth-order valence-corrected chi connectivity index (χ4v) is 2.07. The summed E-state index contributed by atoms with van der Waals surface area (Å²) in [7, 11) is 0. The summed E-state index contributed by atoms with van der Waals surface area (Å²) in [5.74, 6) is 0.931. The molecule has 1 heterocycles. The zero-order chi connectivity index (χ0) is 14.3. The van der Waals surface area contributed by atoms with E-state index in [0.29, 0.717) is 18.0 Å². The quantitative estimate of drug-likeness (QED) is 0.411. The number of aliphatic imine (C=N–C) groups is 1. The molecule has 1 rings (SSSR count). The van der Waals surface area contributed by atoms with E-state index < -0.39 is 0 Å². The SMILES string of the molecule is C=C(Cl)CN=C(NCC)NC1CCN(C(=O)CC)C1.I. The third-order valence-electron chi connectivity index (χ3n) is 2.94. The number of carbonyl (C=O) groups excluding carboxylic acids is 1. The first kappa shape index (κ1) is 19.5. The van der Waals surface area contributed by atoms with E-state index in [1.807, 2.05) is 18.7 Å². The van der Waals surface area contributed by atoms with Gasteiger partial charge in [0.15, 0.2) is 5.96 Å². The maximum absolute atomic E-state index is 11.6. The van der Waals surface area contributed by atoms with Crippen LogP contribution >= 0.6 is 35.6 Å². The number of hydrogen-bond donors (Lipinski definition) is 2. The molecule has 1 amide bonds. The molecule has 20 heavy (non-hydrogen) atoms. The van der Waals surface area contributed by atoms with E-state index in [1.165, 1.54) is 0 Å². The van der Waals surface area contributed by atoms with Gasteiger partial charge in [0.1, 0.15) is 0 Å². The van der Waals surface area contributed by atoms with Gasteiger partial charge in [-0.25, -0.2) is 4.99 Å². The van der Waals surface area contributed by atoms with Crippen LogP contribution in [0.4, 0.5) is 0 Å². The topological polar surface area (TPSA) is 56.7 Å². The molecule has 0 aromatic heterocycles. The van der Waals surface area contributed by atoms with Crippen LogP contribution in [0.3, 0.4) is 0 Å². The van der Waals surface area contributed by atoms with E-state index >= 15 is 0 Å². The summed E-state index contributed by atoms with van der Waals surface area (Å²) in [5.41, 5.74) is 0. The van der Waals surface area contributed by atoms with Gasteiger partial charge in [-0.15, -0.1) is 24.0 Å². The zero-order valence-electron chi connectivity index (χ0n) is 12.1. The Morgan fingerprint density at radius 1 is 1.50 bits per heavy atom. The molecular weight excluding hydrogens is 391 g/mol. The number of likely N-dealkylation sites (tertiary alicyclic amines) is 1. The second kappa shape index (κ2) is 10.3. The van der Waals surface area contributed by atoms with E-state index in [9.17, 15) is 4.79 Å². The van der Waals surface area contributed by atoms with Gasteiger partial charge in [0.25, 0.3) is 0 Å².